The van der Waals surface area contributed by atoms with Gasteiger partial charge in [-0.1, -0.05) is 23.3 Å². The van der Waals surface area contributed by atoms with Gasteiger partial charge in [0.15, 0.2) is 0 Å². The highest BCUT2D eigenvalue weighted by molar-refractivity contribution is 5.90. The van der Waals surface area contributed by atoms with Gasteiger partial charge in [-0.05, 0) is 59.5 Å². The summed E-state index contributed by atoms with van der Waals surface area (Å²) in [6, 6.07) is 0. The molecule has 1 aliphatic heterocycles. The molecule has 0 aromatic heterocycles. The van der Waals surface area contributed by atoms with E-state index >= 15 is 0 Å². The Labute approximate surface area is 122 Å². The van der Waals surface area contributed by atoms with Crippen LogP contribution in [0.5, 0.6) is 0 Å². The summed E-state index contributed by atoms with van der Waals surface area (Å²) in [5.41, 5.74) is 3.46. The lowest BCUT2D eigenvalue weighted by Gasteiger charge is -2.05. The van der Waals surface area contributed by atoms with Crippen LogP contribution in [0.25, 0.3) is 0 Å². The minimum atomic E-state index is -0.481. The number of allylic oxidation sites excluding steroid dienone is 4. The fraction of sp³-hybridized carbons (Fsp3) is 0.588. The van der Waals surface area contributed by atoms with E-state index in [1.807, 2.05) is 6.92 Å². The zero-order chi connectivity index (χ0) is 15.0. The van der Waals surface area contributed by atoms with Gasteiger partial charge in [-0.15, -0.1) is 0 Å². The average molecular weight is 278 g/mol. The van der Waals surface area contributed by atoms with Crippen molar-refractivity contribution in [1.29, 1.82) is 0 Å². The number of esters is 1. The lowest BCUT2D eigenvalue weighted by Crippen LogP contribution is -2.12. The number of carbonyl (C=O) groups is 1. The first kappa shape index (κ1) is 16.7. The van der Waals surface area contributed by atoms with Crippen molar-refractivity contribution >= 4 is 5.97 Å². The molecule has 0 amide bonds. The molecule has 3 nitrogen and oxygen atoms in total. The predicted octanol–water partition coefficient (Wildman–Crippen LogP) is 4.31. The Kier molecular flexibility index (Phi) is 7.31. The Morgan fingerprint density at radius 3 is 2.70 bits per heavy atom. The van der Waals surface area contributed by atoms with Crippen molar-refractivity contribution in [3.63, 3.8) is 0 Å². The SMILES string of the molecule is CCOC1C=C(CCC=C(C)CCC=C(C)C)C(=O)O1. The molecule has 0 aromatic carbocycles. The summed E-state index contributed by atoms with van der Waals surface area (Å²) in [6.07, 6.45) is 9.53. The molecular formula is C17H26O3. The highest BCUT2D eigenvalue weighted by Crippen LogP contribution is 2.20. The molecule has 0 saturated carbocycles. The third-order valence-corrected chi connectivity index (χ3v) is 3.15. The van der Waals surface area contributed by atoms with E-state index in [0.717, 1.165) is 31.3 Å². The Hall–Kier alpha value is -1.35. The fourth-order valence-electron chi connectivity index (χ4n) is 2.04. The van der Waals surface area contributed by atoms with Crippen LogP contribution in [0.4, 0.5) is 0 Å². The average Bonchev–Trinajstić information content (AvgIpc) is 2.70. The van der Waals surface area contributed by atoms with E-state index in [2.05, 4.69) is 32.9 Å². The number of hydrogen-bond acceptors (Lipinski definition) is 3. The highest BCUT2D eigenvalue weighted by Gasteiger charge is 2.24. The van der Waals surface area contributed by atoms with Gasteiger partial charge in [0.2, 0.25) is 6.29 Å². The Bertz CT molecular complexity index is 412. The summed E-state index contributed by atoms with van der Waals surface area (Å²) < 4.78 is 10.3. The maximum absolute atomic E-state index is 11.6. The van der Waals surface area contributed by atoms with Crippen molar-refractivity contribution in [3.05, 3.63) is 34.9 Å². The summed E-state index contributed by atoms with van der Waals surface area (Å²) in [5.74, 6) is -0.237. The van der Waals surface area contributed by atoms with Gasteiger partial charge in [0.05, 0.1) is 0 Å². The second-order valence-corrected chi connectivity index (χ2v) is 5.33. The predicted molar refractivity (Wildman–Crippen MR) is 81.2 cm³/mol. The number of ether oxygens (including phenoxy) is 2. The first-order chi connectivity index (χ1) is 9.52. The van der Waals surface area contributed by atoms with Crippen molar-refractivity contribution in [2.45, 2.75) is 59.7 Å². The molecule has 3 heteroatoms. The van der Waals surface area contributed by atoms with E-state index in [0.29, 0.717) is 6.61 Å². The second kappa shape index (κ2) is 8.75. The van der Waals surface area contributed by atoms with E-state index in [4.69, 9.17) is 9.47 Å². The van der Waals surface area contributed by atoms with Crippen LogP contribution in [0.1, 0.15) is 53.4 Å². The summed E-state index contributed by atoms with van der Waals surface area (Å²) in [5, 5.41) is 0. The maximum atomic E-state index is 11.6. The van der Waals surface area contributed by atoms with Crippen LogP contribution >= 0.6 is 0 Å². The maximum Gasteiger partial charge on any atom is 0.336 e. The molecule has 0 aromatic rings. The zero-order valence-corrected chi connectivity index (χ0v) is 13.1. The van der Waals surface area contributed by atoms with Crippen LogP contribution in [0.3, 0.4) is 0 Å². The molecule has 1 heterocycles. The summed E-state index contributed by atoms with van der Waals surface area (Å²) in [4.78, 5) is 11.6. The van der Waals surface area contributed by atoms with Gasteiger partial charge in [0.1, 0.15) is 0 Å². The van der Waals surface area contributed by atoms with Crippen molar-refractivity contribution in [2.75, 3.05) is 6.61 Å². The molecule has 1 aliphatic rings. The van der Waals surface area contributed by atoms with Crippen LogP contribution in [0.2, 0.25) is 0 Å². The molecule has 1 unspecified atom stereocenters. The van der Waals surface area contributed by atoms with Gasteiger partial charge in [-0.25, -0.2) is 4.79 Å². The first-order valence-electron chi connectivity index (χ1n) is 7.35. The summed E-state index contributed by atoms with van der Waals surface area (Å²) in [7, 11) is 0. The Balaban J connectivity index is 2.34. The molecule has 1 rings (SSSR count). The normalized spacial score (nSPS) is 18.8. The molecule has 0 bridgehead atoms. The molecule has 0 saturated heterocycles. The Morgan fingerprint density at radius 2 is 2.05 bits per heavy atom. The minimum absolute atomic E-state index is 0.237. The number of carbonyl (C=O) groups excluding carboxylic acids is 1. The number of rotatable bonds is 8. The molecular weight excluding hydrogens is 252 g/mol. The van der Waals surface area contributed by atoms with Crippen molar-refractivity contribution in [1.82, 2.24) is 0 Å². The molecule has 0 spiro atoms. The molecule has 0 fully saturated rings. The zero-order valence-electron chi connectivity index (χ0n) is 13.1. The molecule has 0 N–H and O–H groups in total. The standard InChI is InChI=1S/C17H26O3/c1-5-19-16-12-15(17(18)20-16)11-7-10-14(4)9-6-8-13(2)3/h8,10,12,16H,5-7,9,11H2,1-4H3. The molecule has 1 atom stereocenters. The lowest BCUT2D eigenvalue weighted by molar-refractivity contribution is -0.158. The van der Waals surface area contributed by atoms with Gasteiger partial charge in [0.25, 0.3) is 0 Å². The van der Waals surface area contributed by atoms with E-state index in [1.165, 1.54) is 11.1 Å². The van der Waals surface area contributed by atoms with Crippen molar-refractivity contribution in [3.8, 4) is 0 Å². The van der Waals surface area contributed by atoms with Crippen LogP contribution in [-0.2, 0) is 14.3 Å². The van der Waals surface area contributed by atoms with Crippen LogP contribution in [-0.4, -0.2) is 18.9 Å². The largest absolute Gasteiger partial charge is 0.429 e. The Morgan fingerprint density at radius 1 is 1.30 bits per heavy atom. The second-order valence-electron chi connectivity index (χ2n) is 5.33. The highest BCUT2D eigenvalue weighted by atomic mass is 16.7. The fourth-order valence-corrected chi connectivity index (χ4v) is 2.04. The molecule has 20 heavy (non-hydrogen) atoms. The van der Waals surface area contributed by atoms with Crippen molar-refractivity contribution in [2.24, 2.45) is 0 Å². The third-order valence-electron chi connectivity index (χ3n) is 3.15. The first-order valence-corrected chi connectivity index (χ1v) is 7.35. The minimum Gasteiger partial charge on any atom is -0.429 e. The van der Waals surface area contributed by atoms with Crippen LogP contribution in [0, 0.1) is 0 Å². The third kappa shape index (κ3) is 6.20. The number of cyclic esters (lactones) is 1. The van der Waals surface area contributed by atoms with Crippen molar-refractivity contribution < 1.29 is 14.3 Å². The topological polar surface area (TPSA) is 35.5 Å². The van der Waals surface area contributed by atoms with E-state index in [9.17, 15) is 4.79 Å². The summed E-state index contributed by atoms with van der Waals surface area (Å²) in [6.45, 7) is 8.81. The van der Waals surface area contributed by atoms with Gasteiger partial charge < -0.3 is 9.47 Å². The van der Waals surface area contributed by atoms with E-state index in [-0.39, 0.29) is 5.97 Å². The van der Waals surface area contributed by atoms with Gasteiger partial charge in [-0.3, -0.25) is 0 Å². The van der Waals surface area contributed by atoms with Gasteiger partial charge in [0, 0.05) is 12.2 Å². The van der Waals surface area contributed by atoms with E-state index < -0.39 is 6.29 Å². The lowest BCUT2D eigenvalue weighted by atomic mass is 10.1. The molecule has 112 valence electrons. The van der Waals surface area contributed by atoms with Crippen LogP contribution in [0.15, 0.2) is 34.9 Å². The van der Waals surface area contributed by atoms with Gasteiger partial charge >= 0.3 is 5.97 Å². The molecule has 0 radical (unpaired) electrons. The van der Waals surface area contributed by atoms with Gasteiger partial charge in [-0.2, -0.15) is 0 Å². The quantitative estimate of drug-likeness (QED) is 0.490. The molecule has 0 aliphatic carbocycles. The smallest absolute Gasteiger partial charge is 0.336 e. The number of hydrogen-bond donors (Lipinski definition) is 0. The monoisotopic (exact) mass is 278 g/mol. The van der Waals surface area contributed by atoms with Crippen LogP contribution < -0.4 is 0 Å². The summed E-state index contributed by atoms with van der Waals surface area (Å²) >= 11 is 0. The van der Waals surface area contributed by atoms with E-state index in [1.54, 1.807) is 6.08 Å².